The fraction of sp³-hybridized carbons (Fsp3) is 0.417. The van der Waals surface area contributed by atoms with Crippen molar-refractivity contribution in [2.24, 2.45) is 11.8 Å². The van der Waals surface area contributed by atoms with Crippen LogP contribution in [0, 0.1) is 18.8 Å². The highest BCUT2D eigenvalue weighted by Crippen LogP contribution is 2.28. The Kier molecular flexibility index (Phi) is 6.14. The predicted molar refractivity (Wildman–Crippen MR) is 125 cm³/mol. The first kappa shape index (κ1) is 21.6. The normalized spacial score (nSPS) is 20.1. The third-order valence-corrected chi connectivity index (χ3v) is 6.72. The van der Waals surface area contributed by atoms with Gasteiger partial charge in [0.25, 0.3) is 5.56 Å². The Morgan fingerprint density at radius 2 is 1.84 bits per heavy atom. The van der Waals surface area contributed by atoms with E-state index in [0.717, 1.165) is 25.1 Å². The van der Waals surface area contributed by atoms with Crippen LogP contribution in [-0.2, 0) is 4.79 Å². The molecule has 0 bridgehead atoms. The molecule has 0 aliphatic carbocycles. The molecule has 0 radical (unpaired) electrons. The number of carbonyl (C=O) groups excluding carboxylic acids is 1. The summed E-state index contributed by atoms with van der Waals surface area (Å²) >= 11 is 1.32. The Balaban J connectivity index is 1.72. The lowest BCUT2D eigenvalue weighted by molar-refractivity contribution is -0.132. The molecule has 7 heteroatoms. The van der Waals surface area contributed by atoms with Crippen molar-refractivity contribution in [1.29, 1.82) is 0 Å². The second-order valence-corrected chi connectivity index (χ2v) is 10.0. The van der Waals surface area contributed by atoms with E-state index in [1.54, 1.807) is 12.3 Å². The van der Waals surface area contributed by atoms with Gasteiger partial charge in [0.15, 0.2) is 5.16 Å². The zero-order valence-corrected chi connectivity index (χ0v) is 19.2. The number of aromatic nitrogens is 3. The number of amides is 1. The van der Waals surface area contributed by atoms with Crippen LogP contribution < -0.4 is 5.56 Å². The quantitative estimate of drug-likeness (QED) is 0.455. The van der Waals surface area contributed by atoms with Crippen LogP contribution in [0.3, 0.4) is 0 Å². The molecule has 162 valence electrons. The minimum atomic E-state index is -0.359. The number of hydrogen-bond donors (Lipinski definition) is 0. The highest BCUT2D eigenvalue weighted by atomic mass is 32.2. The lowest BCUT2D eigenvalue weighted by Crippen LogP contribution is -2.45. The first-order chi connectivity index (χ1) is 14.8. The van der Waals surface area contributed by atoms with Crippen LogP contribution in [0.1, 0.15) is 32.8 Å². The fourth-order valence-corrected chi connectivity index (χ4v) is 5.29. The number of hydrogen-bond acceptors (Lipinski definition) is 5. The van der Waals surface area contributed by atoms with Gasteiger partial charge in [-0.1, -0.05) is 43.8 Å². The molecule has 6 nitrogen and oxygen atoms in total. The summed E-state index contributed by atoms with van der Waals surface area (Å²) in [7, 11) is 0. The minimum Gasteiger partial charge on any atom is -0.341 e. The molecule has 3 atom stereocenters. The molecule has 3 heterocycles. The summed E-state index contributed by atoms with van der Waals surface area (Å²) in [6, 6.07) is 11.0. The van der Waals surface area contributed by atoms with Crippen molar-refractivity contribution < 1.29 is 4.79 Å². The van der Waals surface area contributed by atoms with Crippen LogP contribution in [0.4, 0.5) is 0 Å². The Morgan fingerprint density at radius 3 is 2.52 bits per heavy atom. The maximum atomic E-state index is 13.3. The summed E-state index contributed by atoms with van der Waals surface area (Å²) in [5, 5.41) is 0.660. The SMILES string of the molecule is Cc1ccc(-n2c(SC(C)C(=O)N3CC(C)CC(C)C3)nc3ccccc3c2=O)nc1. The van der Waals surface area contributed by atoms with Gasteiger partial charge in [0, 0.05) is 19.3 Å². The van der Waals surface area contributed by atoms with Gasteiger partial charge in [-0.2, -0.15) is 0 Å². The molecule has 1 aliphatic heterocycles. The summed E-state index contributed by atoms with van der Waals surface area (Å²) in [4.78, 5) is 37.7. The maximum absolute atomic E-state index is 13.3. The van der Waals surface area contributed by atoms with Gasteiger partial charge in [0.2, 0.25) is 5.91 Å². The van der Waals surface area contributed by atoms with Gasteiger partial charge in [-0.15, -0.1) is 0 Å². The summed E-state index contributed by atoms with van der Waals surface area (Å²) < 4.78 is 1.53. The Bertz CT molecular complexity index is 1150. The number of carbonyl (C=O) groups is 1. The van der Waals surface area contributed by atoms with E-state index in [4.69, 9.17) is 4.98 Å². The zero-order valence-electron chi connectivity index (χ0n) is 18.4. The van der Waals surface area contributed by atoms with Crippen molar-refractivity contribution in [1.82, 2.24) is 19.4 Å². The summed E-state index contributed by atoms with van der Waals surface area (Å²) in [5.74, 6) is 1.60. The summed E-state index contributed by atoms with van der Waals surface area (Å²) in [6.45, 7) is 9.80. The van der Waals surface area contributed by atoms with Crippen LogP contribution in [0.25, 0.3) is 16.7 Å². The standard InChI is InChI=1S/C24H28N4O2S/c1-15-9-10-21(25-12-15)28-23(30)19-7-5-6-8-20(19)26-24(28)31-18(4)22(29)27-13-16(2)11-17(3)14-27/h5-10,12,16-18H,11,13-14H2,1-4H3. The largest absolute Gasteiger partial charge is 0.341 e. The topological polar surface area (TPSA) is 68.1 Å². The number of rotatable bonds is 4. The number of fused-ring (bicyclic) bond motifs is 1. The smallest absolute Gasteiger partial charge is 0.267 e. The van der Waals surface area contributed by atoms with Crippen molar-refractivity contribution in [3.63, 3.8) is 0 Å². The monoisotopic (exact) mass is 436 g/mol. The van der Waals surface area contributed by atoms with Crippen molar-refractivity contribution in [3.8, 4) is 5.82 Å². The molecule has 1 aromatic carbocycles. The van der Waals surface area contributed by atoms with Crippen molar-refractivity contribution in [2.75, 3.05) is 13.1 Å². The molecule has 0 saturated carbocycles. The molecule has 1 amide bonds. The fourth-order valence-electron chi connectivity index (χ4n) is 4.29. The van der Waals surface area contributed by atoms with E-state index < -0.39 is 0 Å². The van der Waals surface area contributed by atoms with Crippen LogP contribution in [0.15, 0.2) is 52.5 Å². The molecular formula is C24H28N4O2S. The second-order valence-electron chi connectivity index (χ2n) is 8.70. The molecule has 31 heavy (non-hydrogen) atoms. The summed E-state index contributed by atoms with van der Waals surface area (Å²) in [6.07, 6.45) is 2.88. The molecule has 4 rings (SSSR count). The highest BCUT2D eigenvalue weighted by Gasteiger charge is 2.30. The minimum absolute atomic E-state index is 0.0919. The number of nitrogens with zero attached hydrogens (tertiary/aromatic N) is 4. The molecule has 3 unspecified atom stereocenters. The van der Waals surface area contributed by atoms with Gasteiger partial charge in [-0.05, 0) is 55.9 Å². The first-order valence-electron chi connectivity index (χ1n) is 10.7. The number of likely N-dealkylation sites (tertiary alicyclic amines) is 1. The number of para-hydroxylation sites is 1. The van der Waals surface area contributed by atoms with E-state index in [0.29, 0.717) is 33.7 Å². The lowest BCUT2D eigenvalue weighted by atomic mass is 9.92. The van der Waals surface area contributed by atoms with Crippen molar-refractivity contribution >= 4 is 28.6 Å². The Morgan fingerprint density at radius 1 is 1.13 bits per heavy atom. The Hall–Kier alpha value is -2.67. The molecule has 1 fully saturated rings. The van der Waals surface area contributed by atoms with Crippen LogP contribution in [0.2, 0.25) is 0 Å². The molecule has 3 aromatic rings. The second kappa shape index (κ2) is 8.83. The first-order valence-corrected chi connectivity index (χ1v) is 11.6. The third-order valence-electron chi connectivity index (χ3n) is 5.68. The molecular weight excluding hydrogens is 408 g/mol. The maximum Gasteiger partial charge on any atom is 0.267 e. The predicted octanol–water partition coefficient (Wildman–Crippen LogP) is 4.07. The van der Waals surface area contributed by atoms with Crippen molar-refractivity contribution in [3.05, 3.63) is 58.5 Å². The number of benzene rings is 1. The zero-order chi connectivity index (χ0) is 22.1. The van der Waals surface area contributed by atoms with E-state index in [1.165, 1.54) is 16.3 Å². The lowest BCUT2D eigenvalue weighted by Gasteiger charge is -2.36. The van der Waals surface area contributed by atoms with Crippen LogP contribution in [0.5, 0.6) is 0 Å². The van der Waals surface area contributed by atoms with Crippen LogP contribution in [-0.4, -0.2) is 43.7 Å². The average Bonchev–Trinajstić information content (AvgIpc) is 2.74. The van der Waals surface area contributed by atoms with Gasteiger partial charge >= 0.3 is 0 Å². The molecule has 1 aliphatic rings. The summed E-state index contributed by atoms with van der Waals surface area (Å²) in [5.41, 5.74) is 1.46. The third kappa shape index (κ3) is 4.51. The number of pyridine rings is 1. The average molecular weight is 437 g/mol. The van der Waals surface area contributed by atoms with E-state index >= 15 is 0 Å². The van der Waals surface area contributed by atoms with E-state index in [-0.39, 0.29) is 16.7 Å². The van der Waals surface area contributed by atoms with Gasteiger partial charge in [0.05, 0.1) is 16.2 Å². The highest BCUT2D eigenvalue weighted by molar-refractivity contribution is 8.00. The van der Waals surface area contributed by atoms with E-state index in [9.17, 15) is 9.59 Å². The van der Waals surface area contributed by atoms with E-state index in [1.807, 2.05) is 49.1 Å². The number of piperidine rings is 1. The molecule has 2 aromatic heterocycles. The number of thioether (sulfide) groups is 1. The number of aryl methyl sites for hydroxylation is 1. The molecule has 1 saturated heterocycles. The Labute approximate surface area is 186 Å². The van der Waals surface area contributed by atoms with Gasteiger partial charge in [-0.25, -0.2) is 14.5 Å². The molecule has 0 N–H and O–H groups in total. The van der Waals surface area contributed by atoms with Gasteiger partial charge < -0.3 is 4.90 Å². The van der Waals surface area contributed by atoms with E-state index in [2.05, 4.69) is 18.8 Å². The van der Waals surface area contributed by atoms with Crippen LogP contribution >= 0.6 is 11.8 Å². The van der Waals surface area contributed by atoms with Gasteiger partial charge in [0.1, 0.15) is 5.82 Å². The van der Waals surface area contributed by atoms with Crippen molar-refractivity contribution in [2.45, 2.75) is 44.5 Å². The molecule has 0 spiro atoms. The van der Waals surface area contributed by atoms with Gasteiger partial charge in [-0.3, -0.25) is 9.59 Å².